The number of nitrogens with zero attached hydrogens (tertiary/aromatic N) is 1. The quantitative estimate of drug-likeness (QED) is 0.571. The molecule has 0 saturated carbocycles. The third-order valence-electron chi connectivity index (χ3n) is 2.08. The first-order valence-electron chi connectivity index (χ1n) is 4.54. The lowest BCUT2D eigenvalue weighted by Crippen LogP contribution is -2.25. The van der Waals surface area contributed by atoms with E-state index in [4.69, 9.17) is 4.74 Å². The molecule has 5 heteroatoms. The van der Waals surface area contributed by atoms with E-state index in [-0.39, 0.29) is 5.56 Å². The van der Waals surface area contributed by atoms with Crippen molar-refractivity contribution in [2.24, 2.45) is 0 Å². The molecule has 15 heavy (non-hydrogen) atoms. The van der Waals surface area contributed by atoms with Crippen molar-refractivity contribution < 1.29 is 13.9 Å². The molecule has 0 aromatic heterocycles. The summed E-state index contributed by atoms with van der Waals surface area (Å²) in [7, 11) is 0. The Kier molecular flexibility index (Phi) is 3.23. The zero-order chi connectivity index (χ0) is 10.7. The first kappa shape index (κ1) is 10.4. The van der Waals surface area contributed by atoms with Gasteiger partial charge in [0.05, 0.1) is 17.9 Å². The molecular formula is C10H10FNO2S. The minimum atomic E-state index is -0.492. The molecule has 0 atom stereocenters. The van der Waals surface area contributed by atoms with Crippen LogP contribution in [0.5, 0.6) is 0 Å². The normalized spacial score (nSPS) is 16.5. The lowest BCUT2D eigenvalue weighted by atomic mass is 10.2. The number of carbonyl (C=O) groups is 1. The Morgan fingerprint density at radius 3 is 3.00 bits per heavy atom. The topological polar surface area (TPSA) is 29.5 Å². The summed E-state index contributed by atoms with van der Waals surface area (Å²) in [6.07, 6.45) is 0.513. The van der Waals surface area contributed by atoms with Crippen molar-refractivity contribution in [3.05, 3.63) is 29.6 Å². The predicted molar refractivity (Wildman–Crippen MR) is 57.5 cm³/mol. The third kappa shape index (κ3) is 2.30. The van der Waals surface area contributed by atoms with Crippen LogP contribution in [0.2, 0.25) is 0 Å². The molecule has 1 aromatic carbocycles. The highest BCUT2D eigenvalue weighted by molar-refractivity contribution is 8.00. The molecule has 0 unspecified atom stereocenters. The van der Waals surface area contributed by atoms with Gasteiger partial charge in [0.1, 0.15) is 12.5 Å². The zero-order valence-electron chi connectivity index (χ0n) is 7.98. The van der Waals surface area contributed by atoms with Crippen LogP contribution >= 0.6 is 11.9 Å². The van der Waals surface area contributed by atoms with Crippen LogP contribution < -0.4 is 4.31 Å². The van der Waals surface area contributed by atoms with Crippen molar-refractivity contribution in [2.75, 3.05) is 23.4 Å². The Balaban J connectivity index is 2.21. The Morgan fingerprint density at radius 1 is 1.53 bits per heavy atom. The van der Waals surface area contributed by atoms with E-state index in [2.05, 4.69) is 0 Å². The van der Waals surface area contributed by atoms with Crippen LogP contribution in [0.25, 0.3) is 0 Å². The summed E-state index contributed by atoms with van der Waals surface area (Å²) in [6.45, 7) is 1.17. The summed E-state index contributed by atoms with van der Waals surface area (Å²) in [6, 6.07) is 4.55. The van der Waals surface area contributed by atoms with Crippen LogP contribution in [-0.4, -0.2) is 25.4 Å². The van der Waals surface area contributed by atoms with Crippen LogP contribution in [-0.2, 0) is 4.74 Å². The van der Waals surface area contributed by atoms with Gasteiger partial charge in [-0.15, -0.1) is 0 Å². The summed E-state index contributed by atoms with van der Waals surface area (Å²) in [5.41, 5.74) is 0.810. The Morgan fingerprint density at radius 2 is 2.40 bits per heavy atom. The number of hydrogen-bond donors (Lipinski definition) is 0. The molecule has 1 aliphatic rings. The van der Waals surface area contributed by atoms with Gasteiger partial charge in [0, 0.05) is 5.75 Å². The van der Waals surface area contributed by atoms with E-state index in [1.807, 2.05) is 4.31 Å². The third-order valence-corrected chi connectivity index (χ3v) is 3.06. The molecule has 0 aliphatic carbocycles. The van der Waals surface area contributed by atoms with Gasteiger partial charge in [-0.3, -0.25) is 9.10 Å². The van der Waals surface area contributed by atoms with Crippen LogP contribution in [0.3, 0.4) is 0 Å². The first-order chi connectivity index (χ1) is 7.31. The minimum absolute atomic E-state index is 0.0849. The number of hydrogen-bond acceptors (Lipinski definition) is 4. The number of anilines is 1. The number of carbonyl (C=O) groups excluding carboxylic acids is 1. The standard InChI is InChI=1S/C10H10FNO2S/c11-10-5-9(2-1-8(10)6-13)12-7-14-3-4-15-12/h1-2,5-6H,3-4,7H2. The lowest BCUT2D eigenvalue weighted by Gasteiger charge is -2.27. The Hall–Kier alpha value is -1.07. The SMILES string of the molecule is O=Cc1ccc(N2COCCS2)cc1F. The van der Waals surface area contributed by atoms with Crippen molar-refractivity contribution in [1.82, 2.24) is 0 Å². The lowest BCUT2D eigenvalue weighted by molar-refractivity contribution is 0.112. The van der Waals surface area contributed by atoms with Gasteiger partial charge in [0.2, 0.25) is 0 Å². The molecule has 1 fully saturated rings. The zero-order valence-corrected chi connectivity index (χ0v) is 8.80. The average molecular weight is 227 g/mol. The second-order valence-electron chi connectivity index (χ2n) is 3.07. The van der Waals surface area contributed by atoms with E-state index >= 15 is 0 Å². The number of halogens is 1. The number of aldehydes is 1. The van der Waals surface area contributed by atoms with Crippen molar-refractivity contribution in [1.29, 1.82) is 0 Å². The van der Waals surface area contributed by atoms with E-state index in [1.54, 1.807) is 18.0 Å². The fraction of sp³-hybridized carbons (Fsp3) is 0.300. The molecule has 1 heterocycles. The second kappa shape index (κ2) is 4.63. The molecule has 0 N–H and O–H groups in total. The summed E-state index contributed by atoms with van der Waals surface area (Å²) < 4.78 is 20.4. The van der Waals surface area contributed by atoms with Crippen molar-refractivity contribution in [3.63, 3.8) is 0 Å². The van der Waals surface area contributed by atoms with Gasteiger partial charge in [0.15, 0.2) is 6.29 Å². The molecule has 80 valence electrons. The van der Waals surface area contributed by atoms with Gasteiger partial charge in [-0.2, -0.15) is 0 Å². The maximum atomic E-state index is 13.3. The van der Waals surface area contributed by atoms with E-state index in [9.17, 15) is 9.18 Å². The molecule has 1 aliphatic heterocycles. The average Bonchev–Trinajstić information content (AvgIpc) is 2.30. The summed E-state index contributed by atoms with van der Waals surface area (Å²) in [4.78, 5) is 10.4. The molecule has 2 rings (SSSR count). The summed E-state index contributed by atoms with van der Waals surface area (Å²) in [5, 5.41) is 0. The van der Waals surface area contributed by atoms with Gasteiger partial charge in [-0.05, 0) is 30.1 Å². The monoisotopic (exact) mass is 227 g/mol. The van der Waals surface area contributed by atoms with Crippen LogP contribution in [0.1, 0.15) is 10.4 Å². The largest absolute Gasteiger partial charge is 0.359 e. The van der Waals surface area contributed by atoms with E-state index in [1.165, 1.54) is 12.1 Å². The van der Waals surface area contributed by atoms with Crippen molar-refractivity contribution >= 4 is 23.9 Å². The molecule has 0 bridgehead atoms. The van der Waals surface area contributed by atoms with Crippen molar-refractivity contribution in [3.8, 4) is 0 Å². The minimum Gasteiger partial charge on any atom is -0.359 e. The second-order valence-corrected chi connectivity index (χ2v) is 4.18. The number of benzene rings is 1. The summed E-state index contributed by atoms with van der Waals surface area (Å²) in [5.74, 6) is 0.366. The molecule has 0 spiro atoms. The molecule has 0 amide bonds. The van der Waals surface area contributed by atoms with Gasteiger partial charge >= 0.3 is 0 Å². The number of rotatable bonds is 2. The smallest absolute Gasteiger partial charge is 0.152 e. The highest BCUT2D eigenvalue weighted by Crippen LogP contribution is 2.26. The van der Waals surface area contributed by atoms with Crippen molar-refractivity contribution in [2.45, 2.75) is 0 Å². The molecule has 3 nitrogen and oxygen atoms in total. The van der Waals surface area contributed by atoms with E-state index in [0.29, 0.717) is 13.0 Å². The fourth-order valence-electron chi connectivity index (χ4n) is 1.31. The maximum absolute atomic E-state index is 13.3. The molecule has 1 saturated heterocycles. The van der Waals surface area contributed by atoms with E-state index < -0.39 is 5.82 Å². The Labute approximate surface area is 91.3 Å². The molecule has 0 radical (unpaired) electrons. The fourth-order valence-corrected chi connectivity index (χ4v) is 2.13. The Bertz CT molecular complexity index is 366. The summed E-state index contributed by atoms with van der Waals surface area (Å²) >= 11 is 1.59. The molecule has 1 aromatic rings. The maximum Gasteiger partial charge on any atom is 0.152 e. The van der Waals surface area contributed by atoms with Gasteiger partial charge in [0.25, 0.3) is 0 Å². The highest BCUT2D eigenvalue weighted by Gasteiger charge is 2.13. The van der Waals surface area contributed by atoms with Gasteiger partial charge in [-0.25, -0.2) is 4.39 Å². The highest BCUT2D eigenvalue weighted by atomic mass is 32.2. The van der Waals surface area contributed by atoms with Gasteiger partial charge < -0.3 is 4.74 Å². The van der Waals surface area contributed by atoms with Crippen LogP contribution in [0.15, 0.2) is 18.2 Å². The van der Waals surface area contributed by atoms with E-state index in [0.717, 1.165) is 18.0 Å². The first-order valence-corrected chi connectivity index (χ1v) is 5.48. The predicted octanol–water partition coefficient (Wildman–Crippen LogP) is 2.08. The van der Waals surface area contributed by atoms with Crippen LogP contribution in [0.4, 0.5) is 10.1 Å². The van der Waals surface area contributed by atoms with Crippen LogP contribution in [0, 0.1) is 5.82 Å². The van der Waals surface area contributed by atoms with Gasteiger partial charge in [-0.1, -0.05) is 0 Å². The molecular weight excluding hydrogens is 217 g/mol. The number of ether oxygens (including phenoxy) is 1.